The van der Waals surface area contributed by atoms with Gasteiger partial charge >= 0.3 is 5.97 Å². The molecule has 0 heterocycles. The predicted molar refractivity (Wildman–Crippen MR) is 122 cm³/mol. The van der Waals surface area contributed by atoms with E-state index in [4.69, 9.17) is 5.73 Å². The van der Waals surface area contributed by atoms with Crippen LogP contribution in [-0.2, 0) is 16.0 Å². The first kappa shape index (κ1) is 23.5. The van der Waals surface area contributed by atoms with E-state index in [9.17, 15) is 34.5 Å². The van der Waals surface area contributed by atoms with Gasteiger partial charge in [0.25, 0.3) is 5.91 Å². The maximum atomic E-state index is 13.6. The number of nitrogens with zero attached hydrogens (tertiary/aromatic N) is 2. The SMILES string of the molecule is CN(C)c1cc(C(=O)O)cc2c1CC1CC3C(C(=O)C(C(N)=O)=C(O)[C@@H]3N(C)C)C(O)=C1C2=O. The minimum Gasteiger partial charge on any atom is -0.511 e. The van der Waals surface area contributed by atoms with E-state index in [2.05, 4.69) is 0 Å². The summed E-state index contributed by atoms with van der Waals surface area (Å²) in [7, 11) is 6.87. The molecule has 0 aliphatic heterocycles. The van der Waals surface area contributed by atoms with Gasteiger partial charge in [0, 0.05) is 30.9 Å². The lowest BCUT2D eigenvalue weighted by molar-refractivity contribution is -0.127. The first-order valence-electron chi connectivity index (χ1n) is 10.9. The maximum absolute atomic E-state index is 13.6. The van der Waals surface area contributed by atoms with Crippen LogP contribution in [0.15, 0.2) is 34.8 Å². The summed E-state index contributed by atoms with van der Waals surface area (Å²) in [5.74, 6) is -6.76. The largest absolute Gasteiger partial charge is 0.511 e. The fourth-order valence-electron chi connectivity index (χ4n) is 5.77. The van der Waals surface area contributed by atoms with E-state index in [1.165, 1.54) is 12.1 Å². The number of Topliss-reactive ketones (excluding diaryl/α,β-unsaturated/α-hetero) is 2. The summed E-state index contributed by atoms with van der Waals surface area (Å²) in [5, 5.41) is 31.5. The van der Waals surface area contributed by atoms with E-state index in [1.807, 2.05) is 0 Å². The molecule has 1 amide bonds. The van der Waals surface area contributed by atoms with Crippen molar-refractivity contribution in [3.05, 3.63) is 51.5 Å². The van der Waals surface area contributed by atoms with Gasteiger partial charge in [0.2, 0.25) is 0 Å². The number of allylic oxidation sites excluding steroid dienone is 2. The Morgan fingerprint density at radius 3 is 2.24 bits per heavy atom. The molecule has 5 N–H and O–H groups in total. The van der Waals surface area contributed by atoms with Crippen LogP contribution >= 0.6 is 0 Å². The number of carbonyl (C=O) groups is 4. The molecule has 3 aliphatic carbocycles. The van der Waals surface area contributed by atoms with E-state index in [1.54, 1.807) is 38.0 Å². The molecule has 1 aromatic carbocycles. The third kappa shape index (κ3) is 3.28. The number of hydrogen-bond acceptors (Lipinski definition) is 8. The van der Waals surface area contributed by atoms with Gasteiger partial charge in [-0.25, -0.2) is 4.79 Å². The molecule has 3 aliphatic rings. The van der Waals surface area contributed by atoms with Crippen LogP contribution in [0.1, 0.15) is 32.7 Å². The predicted octanol–water partition coefficient (Wildman–Crippen LogP) is 1.06. The number of primary amides is 1. The number of aliphatic hydroxyl groups is 2. The number of amides is 1. The van der Waals surface area contributed by atoms with Crippen molar-refractivity contribution in [1.82, 2.24) is 4.90 Å². The molecule has 4 atom stereocenters. The molecule has 0 saturated carbocycles. The van der Waals surface area contributed by atoms with Crippen LogP contribution in [0.25, 0.3) is 0 Å². The molecule has 1 aromatic rings. The van der Waals surface area contributed by atoms with Crippen molar-refractivity contribution in [1.29, 1.82) is 0 Å². The molecule has 3 unspecified atom stereocenters. The van der Waals surface area contributed by atoms with Crippen molar-refractivity contribution in [2.24, 2.45) is 23.5 Å². The maximum Gasteiger partial charge on any atom is 0.335 e. The standard InChI is InChI=1S/C24H27N3O7/c1-26(2)14-8-10(24(33)34)7-12-11(14)5-9-6-13-16(20(29)15(9)19(12)28)21(30)17(23(25)32)22(31)18(13)27(3)4/h7-9,13,16,18,29,31H,5-6H2,1-4H3,(H2,25,32)(H,33,34)/t9?,13?,16?,18-/m1/s1. The molecule has 4 rings (SSSR count). The molecule has 0 saturated heterocycles. The third-order valence-corrected chi connectivity index (χ3v) is 7.13. The van der Waals surface area contributed by atoms with Crippen LogP contribution in [0.5, 0.6) is 0 Å². The van der Waals surface area contributed by atoms with Crippen LogP contribution in [0.3, 0.4) is 0 Å². The number of ketones is 2. The summed E-state index contributed by atoms with van der Waals surface area (Å²) in [4.78, 5) is 53.8. The first-order valence-corrected chi connectivity index (χ1v) is 10.9. The van der Waals surface area contributed by atoms with Crippen LogP contribution in [-0.4, -0.2) is 77.9 Å². The second kappa shape index (κ2) is 7.98. The van der Waals surface area contributed by atoms with Crippen LogP contribution < -0.4 is 10.6 Å². The zero-order chi connectivity index (χ0) is 25.2. The molecule has 0 bridgehead atoms. The number of hydrogen-bond donors (Lipinski definition) is 4. The van der Waals surface area contributed by atoms with Gasteiger partial charge in [0.1, 0.15) is 17.1 Å². The van der Waals surface area contributed by atoms with Gasteiger partial charge in [-0.2, -0.15) is 0 Å². The highest BCUT2D eigenvalue weighted by Gasteiger charge is 2.54. The first-order chi connectivity index (χ1) is 15.9. The summed E-state index contributed by atoms with van der Waals surface area (Å²) in [5.41, 5.74) is 6.21. The number of carboxylic acids is 1. The zero-order valence-corrected chi connectivity index (χ0v) is 19.3. The van der Waals surface area contributed by atoms with E-state index >= 15 is 0 Å². The highest BCUT2D eigenvalue weighted by Crippen LogP contribution is 2.50. The Kier molecular flexibility index (Phi) is 5.52. The van der Waals surface area contributed by atoms with Gasteiger partial charge in [-0.3, -0.25) is 19.3 Å². The minimum atomic E-state index is -1.21. The van der Waals surface area contributed by atoms with Crippen molar-refractivity contribution >= 4 is 29.1 Å². The fraction of sp³-hybridized carbons (Fsp3) is 0.417. The molecule has 34 heavy (non-hydrogen) atoms. The number of aromatic carboxylic acids is 1. The number of benzene rings is 1. The van der Waals surface area contributed by atoms with Crippen LogP contribution in [0.2, 0.25) is 0 Å². The summed E-state index contributed by atoms with van der Waals surface area (Å²) in [6.07, 6.45) is 0.645. The fourth-order valence-corrected chi connectivity index (χ4v) is 5.77. The van der Waals surface area contributed by atoms with E-state index in [0.717, 1.165) is 0 Å². The number of rotatable bonds is 4. The van der Waals surface area contributed by atoms with Crippen LogP contribution in [0, 0.1) is 17.8 Å². The second-order valence-electron chi connectivity index (χ2n) is 9.52. The highest BCUT2D eigenvalue weighted by molar-refractivity contribution is 6.22. The second-order valence-corrected chi connectivity index (χ2v) is 9.52. The van der Waals surface area contributed by atoms with Gasteiger partial charge in [0.05, 0.1) is 17.5 Å². The molecule has 10 nitrogen and oxygen atoms in total. The number of aliphatic hydroxyl groups excluding tert-OH is 2. The Labute approximate surface area is 195 Å². The normalized spacial score (nSPS) is 26.3. The Morgan fingerprint density at radius 2 is 1.71 bits per heavy atom. The zero-order valence-electron chi connectivity index (χ0n) is 19.3. The van der Waals surface area contributed by atoms with Crippen molar-refractivity contribution in [2.45, 2.75) is 18.9 Å². The molecule has 0 radical (unpaired) electrons. The average Bonchev–Trinajstić information content (AvgIpc) is 2.72. The highest BCUT2D eigenvalue weighted by atomic mass is 16.4. The summed E-state index contributed by atoms with van der Waals surface area (Å²) >= 11 is 0. The van der Waals surface area contributed by atoms with Crippen molar-refractivity contribution < 1.29 is 34.5 Å². The number of carbonyl (C=O) groups excluding carboxylic acids is 3. The summed E-state index contributed by atoms with van der Waals surface area (Å²) < 4.78 is 0. The summed E-state index contributed by atoms with van der Waals surface area (Å²) in [6.45, 7) is 0. The summed E-state index contributed by atoms with van der Waals surface area (Å²) in [6, 6.07) is 2.05. The van der Waals surface area contributed by atoms with Crippen molar-refractivity contribution in [3.63, 3.8) is 0 Å². The third-order valence-electron chi connectivity index (χ3n) is 7.13. The lowest BCUT2D eigenvalue weighted by Gasteiger charge is -2.46. The smallest absolute Gasteiger partial charge is 0.335 e. The Balaban J connectivity index is 1.92. The quantitative estimate of drug-likeness (QED) is 0.473. The number of nitrogens with two attached hydrogens (primary N) is 1. The Morgan fingerprint density at radius 1 is 1.06 bits per heavy atom. The van der Waals surface area contributed by atoms with Crippen molar-refractivity contribution in [3.8, 4) is 0 Å². The van der Waals surface area contributed by atoms with Gasteiger partial charge in [-0.05, 0) is 56.5 Å². The Bertz CT molecular complexity index is 1210. The lowest BCUT2D eigenvalue weighted by atomic mass is 9.61. The van der Waals surface area contributed by atoms with E-state index in [-0.39, 0.29) is 16.7 Å². The van der Waals surface area contributed by atoms with Gasteiger partial charge in [0.15, 0.2) is 11.6 Å². The van der Waals surface area contributed by atoms with E-state index < -0.39 is 64.3 Å². The molecule has 0 aromatic heterocycles. The topological polar surface area (TPSA) is 161 Å². The van der Waals surface area contributed by atoms with Gasteiger partial charge in [-0.1, -0.05) is 0 Å². The molecule has 180 valence electrons. The monoisotopic (exact) mass is 469 g/mol. The molecule has 0 fully saturated rings. The molecular weight excluding hydrogens is 442 g/mol. The number of likely N-dealkylation sites (N-methyl/N-ethyl adjacent to an activating group) is 1. The number of fused-ring (bicyclic) bond motifs is 3. The lowest BCUT2D eigenvalue weighted by Crippen LogP contribution is -2.53. The molecule has 10 heteroatoms. The van der Waals surface area contributed by atoms with Crippen LogP contribution in [0.4, 0.5) is 5.69 Å². The number of carboxylic acid groups (broad SMARTS) is 1. The van der Waals surface area contributed by atoms with E-state index in [0.29, 0.717) is 24.1 Å². The average molecular weight is 469 g/mol. The Hall–Kier alpha value is -3.66. The molecular formula is C24H27N3O7. The van der Waals surface area contributed by atoms with Crippen molar-refractivity contribution in [2.75, 3.05) is 33.1 Å². The molecule has 0 spiro atoms. The number of anilines is 1. The van der Waals surface area contributed by atoms with Gasteiger partial charge in [-0.15, -0.1) is 0 Å². The minimum absolute atomic E-state index is 0.0528. The van der Waals surface area contributed by atoms with Gasteiger partial charge < -0.3 is 26.0 Å².